The van der Waals surface area contributed by atoms with E-state index in [1.54, 1.807) is 6.92 Å². The van der Waals surface area contributed by atoms with Crippen molar-refractivity contribution in [1.29, 1.82) is 0 Å². The average Bonchev–Trinajstić information content (AvgIpc) is 3.03. The second kappa shape index (κ2) is 6.90. The first-order valence-electron chi connectivity index (χ1n) is 7.90. The number of para-hydroxylation sites is 1. The summed E-state index contributed by atoms with van der Waals surface area (Å²) < 4.78 is 27.3. The van der Waals surface area contributed by atoms with Crippen molar-refractivity contribution in [3.63, 3.8) is 0 Å². The molecule has 1 heterocycles. The van der Waals surface area contributed by atoms with Gasteiger partial charge in [-0.3, -0.25) is 4.79 Å². The van der Waals surface area contributed by atoms with Crippen molar-refractivity contribution in [3.05, 3.63) is 47.3 Å². The number of aromatic nitrogens is 2. The van der Waals surface area contributed by atoms with Crippen LogP contribution in [-0.2, 0) is 0 Å². The Hall–Kier alpha value is -2.57. The van der Waals surface area contributed by atoms with E-state index in [9.17, 15) is 13.6 Å². The maximum atomic E-state index is 13.7. The van der Waals surface area contributed by atoms with Gasteiger partial charge in [0, 0.05) is 11.7 Å². The van der Waals surface area contributed by atoms with E-state index in [2.05, 4.69) is 20.6 Å². The van der Waals surface area contributed by atoms with Gasteiger partial charge in [0.25, 0.3) is 5.91 Å². The zero-order valence-electron chi connectivity index (χ0n) is 13.3. The predicted molar refractivity (Wildman–Crippen MR) is 87.0 cm³/mol. The van der Waals surface area contributed by atoms with Gasteiger partial charge in [-0.1, -0.05) is 18.9 Å². The largest absolute Gasteiger partial charge is 0.351 e. The first kappa shape index (κ1) is 16.3. The lowest BCUT2D eigenvalue weighted by Gasteiger charge is -2.13. The van der Waals surface area contributed by atoms with Gasteiger partial charge < -0.3 is 10.6 Å². The van der Waals surface area contributed by atoms with Gasteiger partial charge in [0.1, 0.15) is 23.0 Å². The molecule has 1 amide bonds. The number of anilines is 2. The van der Waals surface area contributed by atoms with Crippen molar-refractivity contribution in [2.75, 3.05) is 10.6 Å². The summed E-state index contributed by atoms with van der Waals surface area (Å²) in [6.07, 6.45) is 4.39. The Morgan fingerprint density at radius 1 is 1.17 bits per heavy atom. The summed E-state index contributed by atoms with van der Waals surface area (Å²) in [6.45, 7) is 1.74. The summed E-state index contributed by atoms with van der Waals surface area (Å²) in [5.41, 5.74) is 0.180. The van der Waals surface area contributed by atoms with Crippen molar-refractivity contribution in [2.24, 2.45) is 0 Å². The fraction of sp³-hybridized carbons (Fsp3) is 0.353. The molecule has 1 saturated carbocycles. The highest BCUT2D eigenvalue weighted by Gasteiger charge is 2.19. The van der Waals surface area contributed by atoms with Gasteiger partial charge in [-0.2, -0.15) is 0 Å². The molecule has 5 nitrogen and oxygen atoms in total. The summed E-state index contributed by atoms with van der Waals surface area (Å²) in [7, 11) is 0. The van der Waals surface area contributed by atoms with Gasteiger partial charge in [0.15, 0.2) is 0 Å². The van der Waals surface area contributed by atoms with E-state index in [-0.39, 0.29) is 5.69 Å². The lowest BCUT2D eigenvalue weighted by Crippen LogP contribution is -2.20. The number of aryl methyl sites for hydroxylation is 1. The third-order valence-electron chi connectivity index (χ3n) is 3.98. The van der Waals surface area contributed by atoms with Crippen LogP contribution in [0.4, 0.5) is 20.4 Å². The molecule has 0 atom stereocenters. The van der Waals surface area contributed by atoms with Gasteiger partial charge in [-0.25, -0.2) is 18.7 Å². The minimum absolute atomic E-state index is 0.0608. The summed E-state index contributed by atoms with van der Waals surface area (Å²) in [5, 5.41) is 5.45. The summed E-state index contributed by atoms with van der Waals surface area (Å²) in [5.74, 6) is -1.99. The number of amides is 1. The monoisotopic (exact) mass is 332 g/mol. The Morgan fingerprint density at radius 2 is 1.83 bits per heavy atom. The quantitative estimate of drug-likeness (QED) is 0.896. The van der Waals surface area contributed by atoms with Crippen LogP contribution in [-0.4, -0.2) is 21.9 Å². The van der Waals surface area contributed by atoms with Crippen LogP contribution in [0.15, 0.2) is 24.3 Å². The molecule has 7 heteroatoms. The molecule has 1 aliphatic rings. The first-order chi connectivity index (χ1) is 11.5. The molecule has 1 fully saturated rings. The average molecular weight is 332 g/mol. The summed E-state index contributed by atoms with van der Waals surface area (Å²) in [6, 6.07) is 5.17. The van der Waals surface area contributed by atoms with Crippen LogP contribution in [0, 0.1) is 18.6 Å². The molecule has 0 unspecified atom stereocenters. The van der Waals surface area contributed by atoms with Crippen LogP contribution in [0.5, 0.6) is 0 Å². The number of carbonyl (C=O) groups excluding carboxylic acids is 1. The van der Waals surface area contributed by atoms with Crippen LogP contribution in [0.1, 0.15) is 41.9 Å². The number of nitrogens with one attached hydrogen (secondary N) is 2. The normalized spacial score (nSPS) is 14.6. The Balaban J connectivity index is 1.80. The first-order valence-corrected chi connectivity index (χ1v) is 7.90. The molecule has 126 valence electrons. The predicted octanol–water partition coefficient (Wildman–Crippen LogP) is 3.67. The van der Waals surface area contributed by atoms with E-state index >= 15 is 0 Å². The van der Waals surface area contributed by atoms with Crippen LogP contribution in [0.3, 0.4) is 0 Å². The molecule has 3 rings (SSSR count). The Bertz CT molecular complexity index is 740. The van der Waals surface area contributed by atoms with E-state index in [1.807, 2.05) is 0 Å². The number of benzene rings is 1. The standard InChI is InChI=1S/C17H18F2N4O/c1-10-9-14(22-17(20-10)21-11-5-2-3-6-11)16(24)23-15-12(18)7-4-8-13(15)19/h4,7-9,11H,2-3,5-6H2,1H3,(H,23,24)(H,20,21,22). The van der Waals surface area contributed by atoms with Crippen molar-refractivity contribution >= 4 is 17.5 Å². The number of carbonyl (C=O) groups is 1. The van der Waals surface area contributed by atoms with Crippen molar-refractivity contribution in [1.82, 2.24) is 9.97 Å². The molecule has 1 aliphatic carbocycles. The number of hydrogen-bond donors (Lipinski definition) is 2. The molecule has 2 aromatic rings. The highest BCUT2D eigenvalue weighted by atomic mass is 19.1. The topological polar surface area (TPSA) is 66.9 Å². The van der Waals surface area contributed by atoms with Gasteiger partial charge in [-0.05, 0) is 38.0 Å². The Kier molecular flexibility index (Phi) is 4.69. The highest BCUT2D eigenvalue weighted by molar-refractivity contribution is 6.03. The van der Waals surface area contributed by atoms with Crippen molar-refractivity contribution < 1.29 is 13.6 Å². The summed E-state index contributed by atoms with van der Waals surface area (Å²) >= 11 is 0. The van der Waals surface area contributed by atoms with E-state index in [0.29, 0.717) is 17.7 Å². The SMILES string of the molecule is Cc1cc(C(=O)Nc2c(F)cccc2F)nc(NC2CCCC2)n1. The Labute approximate surface area is 138 Å². The van der Waals surface area contributed by atoms with E-state index in [4.69, 9.17) is 0 Å². The van der Waals surface area contributed by atoms with Gasteiger partial charge in [0.05, 0.1) is 0 Å². The maximum Gasteiger partial charge on any atom is 0.274 e. The molecular formula is C17H18F2N4O. The molecule has 1 aromatic carbocycles. The van der Waals surface area contributed by atoms with Crippen molar-refractivity contribution in [2.45, 2.75) is 38.6 Å². The minimum Gasteiger partial charge on any atom is -0.351 e. The van der Waals surface area contributed by atoms with Gasteiger partial charge in [-0.15, -0.1) is 0 Å². The van der Waals surface area contributed by atoms with Crippen LogP contribution < -0.4 is 10.6 Å². The lowest BCUT2D eigenvalue weighted by molar-refractivity contribution is 0.102. The fourth-order valence-corrected chi connectivity index (χ4v) is 2.80. The second-order valence-electron chi connectivity index (χ2n) is 5.89. The number of halogens is 2. The van der Waals surface area contributed by atoms with Crippen molar-refractivity contribution in [3.8, 4) is 0 Å². The highest BCUT2D eigenvalue weighted by Crippen LogP contribution is 2.22. The van der Waals surface area contributed by atoms with Crippen LogP contribution in [0.25, 0.3) is 0 Å². The zero-order chi connectivity index (χ0) is 17.1. The molecule has 1 aromatic heterocycles. The third-order valence-corrected chi connectivity index (χ3v) is 3.98. The zero-order valence-corrected chi connectivity index (χ0v) is 13.3. The molecule has 0 saturated heterocycles. The number of hydrogen-bond acceptors (Lipinski definition) is 4. The van der Waals surface area contributed by atoms with Crippen LogP contribution >= 0.6 is 0 Å². The maximum absolute atomic E-state index is 13.7. The molecule has 0 radical (unpaired) electrons. The Morgan fingerprint density at radius 3 is 2.50 bits per heavy atom. The fourth-order valence-electron chi connectivity index (χ4n) is 2.80. The lowest BCUT2D eigenvalue weighted by atomic mass is 10.2. The molecule has 24 heavy (non-hydrogen) atoms. The summed E-state index contributed by atoms with van der Waals surface area (Å²) in [4.78, 5) is 20.7. The molecule has 2 N–H and O–H groups in total. The second-order valence-corrected chi connectivity index (χ2v) is 5.89. The van der Waals surface area contributed by atoms with Gasteiger partial charge in [0.2, 0.25) is 5.95 Å². The molecule has 0 aliphatic heterocycles. The number of nitrogens with zero attached hydrogens (tertiary/aromatic N) is 2. The van der Waals surface area contributed by atoms with E-state index in [1.165, 1.54) is 12.1 Å². The smallest absolute Gasteiger partial charge is 0.274 e. The minimum atomic E-state index is -0.835. The molecular weight excluding hydrogens is 314 g/mol. The third kappa shape index (κ3) is 3.67. The van der Waals surface area contributed by atoms with Crippen LogP contribution in [0.2, 0.25) is 0 Å². The number of rotatable bonds is 4. The van der Waals surface area contributed by atoms with E-state index in [0.717, 1.165) is 37.8 Å². The van der Waals surface area contributed by atoms with Gasteiger partial charge >= 0.3 is 0 Å². The molecule has 0 spiro atoms. The van der Waals surface area contributed by atoms with E-state index < -0.39 is 23.2 Å². The molecule has 0 bridgehead atoms.